The summed E-state index contributed by atoms with van der Waals surface area (Å²) in [6.07, 6.45) is 0. The van der Waals surface area contributed by atoms with E-state index in [2.05, 4.69) is 4.98 Å². The van der Waals surface area contributed by atoms with Crippen molar-refractivity contribution in [2.75, 3.05) is 19.1 Å². The van der Waals surface area contributed by atoms with Gasteiger partial charge in [-0.2, -0.15) is 0 Å². The van der Waals surface area contributed by atoms with Gasteiger partial charge in [0.05, 0.1) is 36.4 Å². The SMILES string of the molecule is COc1ccc(C2C(C(=O)c3cc4cccc(OC)c4o3)=C(O)C(=O)N2c2nc(C)c(C(C)=O)s2)cc1. The van der Waals surface area contributed by atoms with Crippen molar-refractivity contribution in [2.24, 2.45) is 0 Å². The maximum atomic E-state index is 13.8. The van der Waals surface area contributed by atoms with E-state index in [9.17, 15) is 19.5 Å². The van der Waals surface area contributed by atoms with Crippen molar-refractivity contribution >= 4 is 44.9 Å². The molecule has 0 spiro atoms. The number of hydrogen-bond acceptors (Lipinski definition) is 9. The van der Waals surface area contributed by atoms with Crippen molar-refractivity contribution < 1.29 is 33.4 Å². The maximum Gasteiger partial charge on any atom is 0.296 e. The highest BCUT2D eigenvalue weighted by Crippen LogP contribution is 2.44. The number of anilines is 1. The molecule has 0 fully saturated rings. The third kappa shape index (κ3) is 3.95. The Balaban J connectivity index is 1.66. The summed E-state index contributed by atoms with van der Waals surface area (Å²) in [7, 11) is 3.02. The van der Waals surface area contributed by atoms with E-state index in [0.717, 1.165) is 11.3 Å². The molecule has 2 aromatic carbocycles. The molecule has 5 rings (SSSR count). The monoisotopic (exact) mass is 518 g/mol. The Hall–Kier alpha value is -4.44. The van der Waals surface area contributed by atoms with Crippen LogP contribution in [-0.2, 0) is 4.79 Å². The maximum absolute atomic E-state index is 13.8. The summed E-state index contributed by atoms with van der Waals surface area (Å²) in [6, 6.07) is 12.5. The number of para-hydroxylation sites is 1. The first-order valence-corrected chi connectivity index (χ1v) is 12.1. The number of benzene rings is 2. The van der Waals surface area contributed by atoms with Crippen LogP contribution >= 0.6 is 11.3 Å². The summed E-state index contributed by atoms with van der Waals surface area (Å²) >= 11 is 1.03. The van der Waals surface area contributed by atoms with Crippen LogP contribution in [0.3, 0.4) is 0 Å². The van der Waals surface area contributed by atoms with Gasteiger partial charge >= 0.3 is 0 Å². The molecule has 0 radical (unpaired) electrons. The second kappa shape index (κ2) is 9.21. The van der Waals surface area contributed by atoms with Gasteiger partial charge in [0.25, 0.3) is 5.91 Å². The van der Waals surface area contributed by atoms with Crippen LogP contribution in [0, 0.1) is 6.92 Å². The van der Waals surface area contributed by atoms with Crippen molar-refractivity contribution in [1.82, 2.24) is 4.98 Å². The number of ether oxygens (including phenoxy) is 2. The van der Waals surface area contributed by atoms with Gasteiger partial charge in [0.1, 0.15) is 5.75 Å². The molecule has 1 unspecified atom stereocenters. The van der Waals surface area contributed by atoms with Gasteiger partial charge in [-0.25, -0.2) is 4.98 Å². The standard InChI is InChI=1S/C27H22N2O7S/c1-13-25(14(2)30)37-27(28-13)29-21(15-8-10-17(34-3)11-9-15)20(23(32)26(29)33)22(31)19-12-16-6-5-7-18(35-4)24(16)36-19/h5-12,21,32H,1-4H3. The minimum atomic E-state index is -1.02. The first-order valence-electron chi connectivity index (χ1n) is 11.2. The molecule has 4 aromatic rings. The molecule has 10 heteroatoms. The highest BCUT2D eigenvalue weighted by Gasteiger charge is 2.46. The Morgan fingerprint density at radius 3 is 2.46 bits per heavy atom. The molecule has 1 aliphatic heterocycles. The summed E-state index contributed by atoms with van der Waals surface area (Å²) in [4.78, 5) is 45.3. The van der Waals surface area contributed by atoms with Gasteiger partial charge in [-0.3, -0.25) is 19.3 Å². The zero-order valence-corrected chi connectivity index (χ0v) is 21.2. The number of Topliss-reactive ketones (excluding diaryl/α,β-unsaturated/α-hetero) is 2. The van der Waals surface area contributed by atoms with Gasteiger partial charge in [0, 0.05) is 12.3 Å². The summed E-state index contributed by atoms with van der Waals surface area (Å²) in [5, 5.41) is 11.8. The van der Waals surface area contributed by atoms with Crippen LogP contribution in [0.5, 0.6) is 11.5 Å². The van der Waals surface area contributed by atoms with Crippen molar-refractivity contribution in [1.29, 1.82) is 0 Å². The normalized spacial score (nSPS) is 15.5. The molecule has 9 nitrogen and oxygen atoms in total. The number of aliphatic hydroxyl groups excluding tert-OH is 1. The van der Waals surface area contributed by atoms with E-state index in [4.69, 9.17) is 13.9 Å². The number of rotatable bonds is 7. The fourth-order valence-electron chi connectivity index (χ4n) is 4.39. The van der Waals surface area contributed by atoms with Crippen molar-refractivity contribution in [2.45, 2.75) is 19.9 Å². The first kappa shape index (κ1) is 24.3. The van der Waals surface area contributed by atoms with Crippen LogP contribution in [0.4, 0.5) is 5.13 Å². The quantitative estimate of drug-likeness (QED) is 0.332. The van der Waals surface area contributed by atoms with Crippen LogP contribution in [0.2, 0.25) is 0 Å². The van der Waals surface area contributed by atoms with Crippen molar-refractivity contribution in [3.05, 3.63) is 81.8 Å². The lowest BCUT2D eigenvalue weighted by Crippen LogP contribution is -2.31. The molecule has 1 amide bonds. The molecule has 3 heterocycles. The number of nitrogens with zero attached hydrogens (tertiary/aromatic N) is 2. The first-order chi connectivity index (χ1) is 17.7. The van der Waals surface area contributed by atoms with Gasteiger partial charge in [-0.05, 0) is 36.8 Å². The number of amides is 1. The molecule has 37 heavy (non-hydrogen) atoms. The summed E-state index contributed by atoms with van der Waals surface area (Å²) in [6.45, 7) is 3.08. The van der Waals surface area contributed by atoms with Gasteiger partial charge in [-0.15, -0.1) is 0 Å². The second-order valence-corrected chi connectivity index (χ2v) is 9.38. The minimum Gasteiger partial charge on any atom is -0.503 e. The smallest absolute Gasteiger partial charge is 0.296 e. The van der Waals surface area contributed by atoms with E-state index in [-0.39, 0.29) is 22.2 Å². The number of aromatic nitrogens is 1. The molecular weight excluding hydrogens is 496 g/mol. The molecule has 0 bridgehead atoms. The summed E-state index contributed by atoms with van der Waals surface area (Å²) in [5.74, 6) is -1.41. The number of fused-ring (bicyclic) bond motifs is 1. The molecule has 2 aromatic heterocycles. The molecule has 0 aliphatic carbocycles. The number of ketones is 2. The highest BCUT2D eigenvalue weighted by atomic mass is 32.1. The number of carbonyl (C=O) groups is 3. The van der Waals surface area contributed by atoms with Gasteiger partial charge in [-0.1, -0.05) is 35.6 Å². The van der Waals surface area contributed by atoms with Crippen LogP contribution in [0.25, 0.3) is 11.0 Å². The van der Waals surface area contributed by atoms with Gasteiger partial charge in [0.2, 0.25) is 5.78 Å². The number of thiazole rings is 1. The Morgan fingerprint density at radius 1 is 1.11 bits per heavy atom. The average molecular weight is 519 g/mol. The van der Waals surface area contributed by atoms with E-state index >= 15 is 0 Å². The zero-order valence-electron chi connectivity index (χ0n) is 20.4. The van der Waals surface area contributed by atoms with Crippen LogP contribution in [0.15, 0.2) is 64.3 Å². The number of furan rings is 1. The van der Waals surface area contributed by atoms with Gasteiger partial charge in [0.15, 0.2) is 33.8 Å². The third-order valence-corrected chi connectivity index (χ3v) is 7.40. The lowest BCUT2D eigenvalue weighted by molar-refractivity contribution is -0.117. The summed E-state index contributed by atoms with van der Waals surface area (Å²) < 4.78 is 16.4. The predicted octanol–water partition coefficient (Wildman–Crippen LogP) is 5.20. The molecule has 0 saturated heterocycles. The number of methoxy groups -OCH3 is 2. The third-order valence-electron chi connectivity index (χ3n) is 6.15. The molecule has 188 valence electrons. The van der Waals surface area contributed by atoms with E-state index in [0.29, 0.717) is 38.6 Å². The van der Waals surface area contributed by atoms with E-state index < -0.39 is 23.5 Å². The number of aliphatic hydroxyl groups is 1. The summed E-state index contributed by atoms with van der Waals surface area (Å²) in [5.41, 5.74) is 1.20. The molecule has 1 N–H and O–H groups in total. The van der Waals surface area contributed by atoms with Crippen molar-refractivity contribution in [3.8, 4) is 11.5 Å². The second-order valence-electron chi connectivity index (χ2n) is 8.40. The largest absolute Gasteiger partial charge is 0.503 e. The van der Waals surface area contributed by atoms with E-state index in [1.807, 2.05) is 0 Å². The Morgan fingerprint density at radius 2 is 1.84 bits per heavy atom. The Kier molecular flexibility index (Phi) is 6.04. The van der Waals surface area contributed by atoms with Crippen LogP contribution in [0.1, 0.15) is 44.4 Å². The molecule has 0 saturated carbocycles. The average Bonchev–Trinajstić information content (AvgIpc) is 3.57. The van der Waals surface area contributed by atoms with E-state index in [1.54, 1.807) is 55.5 Å². The number of aryl methyl sites for hydroxylation is 1. The number of carbonyl (C=O) groups excluding carboxylic acids is 3. The fraction of sp³-hybridized carbons (Fsp3) is 0.185. The van der Waals surface area contributed by atoms with Gasteiger partial charge < -0.3 is 19.0 Å². The highest BCUT2D eigenvalue weighted by molar-refractivity contribution is 7.17. The fourth-order valence-corrected chi connectivity index (χ4v) is 5.38. The predicted molar refractivity (Wildman–Crippen MR) is 137 cm³/mol. The van der Waals surface area contributed by atoms with Crippen LogP contribution < -0.4 is 14.4 Å². The minimum absolute atomic E-state index is 0.0612. The Labute approximate surface area is 215 Å². The zero-order chi connectivity index (χ0) is 26.4. The number of hydrogen-bond donors (Lipinski definition) is 1. The Bertz CT molecular complexity index is 1600. The lowest BCUT2D eigenvalue weighted by atomic mass is 9.95. The molecule has 1 aliphatic rings. The van der Waals surface area contributed by atoms with Crippen LogP contribution in [-0.4, -0.2) is 41.8 Å². The lowest BCUT2D eigenvalue weighted by Gasteiger charge is -2.24. The van der Waals surface area contributed by atoms with E-state index in [1.165, 1.54) is 26.0 Å². The van der Waals surface area contributed by atoms with Crippen molar-refractivity contribution in [3.63, 3.8) is 0 Å². The molecule has 1 atom stereocenters. The molecular formula is C27H22N2O7S. The topological polar surface area (TPSA) is 119 Å².